The minimum Gasteiger partial charge on any atom is -0.496 e. The molecular weight excluding hydrogens is 386 g/mol. The van der Waals surface area contributed by atoms with Crippen molar-refractivity contribution < 1.29 is 9.53 Å². The van der Waals surface area contributed by atoms with Crippen molar-refractivity contribution in [3.63, 3.8) is 0 Å². The highest BCUT2D eigenvalue weighted by molar-refractivity contribution is 5.79. The predicted octanol–water partition coefficient (Wildman–Crippen LogP) is 4.75. The van der Waals surface area contributed by atoms with Crippen molar-refractivity contribution in [2.75, 3.05) is 20.2 Å². The average Bonchev–Trinajstić information content (AvgIpc) is 2.83. The van der Waals surface area contributed by atoms with Gasteiger partial charge in [-0.15, -0.1) is 0 Å². The molecule has 2 aromatic carbocycles. The molecule has 164 valence electrons. The zero-order valence-corrected chi connectivity index (χ0v) is 18.9. The Kier molecular flexibility index (Phi) is 8.08. The second-order valence-electron chi connectivity index (χ2n) is 8.16. The lowest BCUT2D eigenvalue weighted by molar-refractivity contribution is -0.126. The first-order valence-corrected chi connectivity index (χ1v) is 11.3. The van der Waals surface area contributed by atoms with Gasteiger partial charge in [0.15, 0.2) is 0 Å². The summed E-state index contributed by atoms with van der Waals surface area (Å²) in [4.78, 5) is 15.3. The van der Waals surface area contributed by atoms with Crippen molar-refractivity contribution in [1.82, 2.24) is 10.2 Å². The molecule has 0 bridgehead atoms. The molecule has 0 spiro atoms. The third kappa shape index (κ3) is 5.65. The maximum atomic E-state index is 12.8. The van der Waals surface area contributed by atoms with E-state index < -0.39 is 0 Å². The minimum atomic E-state index is 0.0968. The van der Waals surface area contributed by atoms with Crippen LogP contribution in [0.5, 0.6) is 5.75 Å². The van der Waals surface area contributed by atoms with Crippen molar-refractivity contribution in [1.29, 1.82) is 5.26 Å². The monoisotopic (exact) mass is 419 g/mol. The molecule has 0 heterocycles. The molecule has 31 heavy (non-hydrogen) atoms. The quantitative estimate of drug-likeness (QED) is 0.670. The number of nitrogens with zero attached hydrogens (tertiary/aromatic N) is 2. The number of hydrogen-bond acceptors (Lipinski definition) is 4. The largest absolute Gasteiger partial charge is 0.496 e. The van der Waals surface area contributed by atoms with E-state index in [1.807, 2.05) is 36.4 Å². The SMILES string of the molecule is CCN(CC)C1CCC(C(=O)NCc2cc(-c3ccc(C#N)cc3)ccc2OC)CC1. The first kappa shape index (κ1) is 22.8. The smallest absolute Gasteiger partial charge is 0.223 e. The van der Waals surface area contributed by atoms with Gasteiger partial charge in [-0.1, -0.05) is 32.0 Å². The Labute approximate surface area is 186 Å². The van der Waals surface area contributed by atoms with Gasteiger partial charge in [0.25, 0.3) is 0 Å². The van der Waals surface area contributed by atoms with E-state index in [4.69, 9.17) is 10.00 Å². The van der Waals surface area contributed by atoms with Crippen molar-refractivity contribution >= 4 is 5.91 Å². The molecule has 1 saturated carbocycles. The highest BCUT2D eigenvalue weighted by Crippen LogP contribution is 2.29. The van der Waals surface area contributed by atoms with Gasteiger partial charge in [-0.25, -0.2) is 0 Å². The van der Waals surface area contributed by atoms with Crippen molar-refractivity contribution in [2.24, 2.45) is 5.92 Å². The van der Waals surface area contributed by atoms with Gasteiger partial charge in [0.05, 0.1) is 18.7 Å². The summed E-state index contributed by atoms with van der Waals surface area (Å²) in [6.07, 6.45) is 4.10. The van der Waals surface area contributed by atoms with Crippen LogP contribution in [0.25, 0.3) is 11.1 Å². The van der Waals surface area contributed by atoms with E-state index >= 15 is 0 Å². The lowest BCUT2D eigenvalue weighted by Crippen LogP contribution is -2.40. The number of carbonyl (C=O) groups excluding carboxylic acids is 1. The zero-order valence-electron chi connectivity index (χ0n) is 18.9. The average molecular weight is 420 g/mol. The lowest BCUT2D eigenvalue weighted by Gasteiger charge is -2.35. The number of carbonyl (C=O) groups is 1. The number of nitrogens with one attached hydrogen (secondary N) is 1. The van der Waals surface area contributed by atoms with Crippen LogP contribution in [0, 0.1) is 17.2 Å². The third-order valence-corrected chi connectivity index (χ3v) is 6.48. The number of amides is 1. The number of nitriles is 1. The topological polar surface area (TPSA) is 65.4 Å². The Bertz CT molecular complexity index is 905. The number of methoxy groups -OCH3 is 1. The van der Waals surface area contributed by atoms with E-state index in [1.54, 1.807) is 7.11 Å². The Balaban J connectivity index is 1.63. The summed E-state index contributed by atoms with van der Waals surface area (Å²) < 4.78 is 5.52. The third-order valence-electron chi connectivity index (χ3n) is 6.48. The number of rotatable bonds is 8. The molecule has 1 N–H and O–H groups in total. The van der Waals surface area contributed by atoms with Crippen LogP contribution in [0.3, 0.4) is 0 Å². The Hall–Kier alpha value is -2.84. The van der Waals surface area contributed by atoms with Gasteiger partial charge in [-0.2, -0.15) is 5.26 Å². The summed E-state index contributed by atoms with van der Waals surface area (Å²) >= 11 is 0. The summed E-state index contributed by atoms with van der Waals surface area (Å²) in [6.45, 7) is 7.02. The molecule has 0 radical (unpaired) electrons. The molecule has 5 heteroatoms. The predicted molar refractivity (Wildman–Crippen MR) is 124 cm³/mol. The van der Waals surface area contributed by atoms with Crippen LogP contribution in [-0.2, 0) is 11.3 Å². The van der Waals surface area contributed by atoms with Gasteiger partial charge in [-0.3, -0.25) is 4.79 Å². The fourth-order valence-electron chi connectivity index (χ4n) is 4.60. The fourth-order valence-corrected chi connectivity index (χ4v) is 4.60. The van der Waals surface area contributed by atoms with E-state index in [9.17, 15) is 4.79 Å². The molecular formula is C26H33N3O2. The zero-order chi connectivity index (χ0) is 22.2. The van der Waals surface area contributed by atoms with Gasteiger partial charge >= 0.3 is 0 Å². The standard InChI is InChI=1S/C26H33N3O2/c1-4-29(5-2)24-13-10-21(11-14-24)26(30)28-18-23-16-22(12-15-25(23)31-3)20-8-6-19(17-27)7-9-20/h6-9,12,15-16,21,24H,4-5,10-11,13-14,18H2,1-3H3,(H,28,30). The summed E-state index contributed by atoms with van der Waals surface area (Å²) in [7, 11) is 1.65. The lowest BCUT2D eigenvalue weighted by atomic mass is 9.84. The first-order chi connectivity index (χ1) is 15.1. The van der Waals surface area contributed by atoms with Gasteiger partial charge in [0.2, 0.25) is 5.91 Å². The molecule has 3 rings (SSSR count). The minimum absolute atomic E-state index is 0.0968. The normalized spacial score (nSPS) is 18.4. The van der Waals surface area contributed by atoms with E-state index in [2.05, 4.69) is 36.2 Å². The van der Waals surface area contributed by atoms with Crippen LogP contribution in [-0.4, -0.2) is 37.0 Å². The molecule has 0 aromatic heterocycles. The molecule has 1 amide bonds. The van der Waals surface area contributed by atoms with Gasteiger partial charge in [0.1, 0.15) is 5.75 Å². The number of ether oxygens (including phenoxy) is 1. The van der Waals surface area contributed by atoms with Crippen molar-refractivity contribution in [3.05, 3.63) is 53.6 Å². The molecule has 0 atom stereocenters. The second-order valence-corrected chi connectivity index (χ2v) is 8.16. The highest BCUT2D eigenvalue weighted by Gasteiger charge is 2.28. The van der Waals surface area contributed by atoms with Crippen LogP contribution in [0.15, 0.2) is 42.5 Å². The fraction of sp³-hybridized carbons (Fsp3) is 0.462. The highest BCUT2D eigenvalue weighted by atomic mass is 16.5. The van der Waals surface area contributed by atoms with E-state index in [0.717, 1.165) is 61.2 Å². The molecule has 2 aromatic rings. The summed E-state index contributed by atoms with van der Waals surface area (Å²) in [5, 5.41) is 12.1. The summed E-state index contributed by atoms with van der Waals surface area (Å²) in [5.41, 5.74) is 3.66. The maximum absolute atomic E-state index is 12.8. The molecule has 0 aliphatic heterocycles. The second kappa shape index (κ2) is 11.0. The Morgan fingerprint density at radius 1 is 1.06 bits per heavy atom. The van der Waals surface area contributed by atoms with Crippen LogP contribution in [0.4, 0.5) is 0 Å². The number of benzene rings is 2. The Morgan fingerprint density at radius 2 is 1.71 bits per heavy atom. The maximum Gasteiger partial charge on any atom is 0.223 e. The molecule has 0 saturated heterocycles. The van der Waals surface area contributed by atoms with Gasteiger partial charge in [-0.05, 0) is 74.2 Å². The van der Waals surface area contributed by atoms with Gasteiger partial charge < -0.3 is 15.0 Å². The van der Waals surface area contributed by atoms with Crippen molar-refractivity contribution in [2.45, 2.75) is 52.1 Å². The Morgan fingerprint density at radius 3 is 2.29 bits per heavy atom. The van der Waals surface area contributed by atoms with Crippen LogP contribution < -0.4 is 10.1 Å². The molecule has 1 fully saturated rings. The van der Waals surface area contributed by atoms with E-state index in [1.165, 1.54) is 0 Å². The summed E-state index contributed by atoms with van der Waals surface area (Å²) in [6, 6.07) is 16.3. The van der Waals surface area contributed by atoms with Crippen LogP contribution in [0.1, 0.15) is 50.7 Å². The van der Waals surface area contributed by atoms with Gasteiger partial charge in [0, 0.05) is 24.1 Å². The number of hydrogen-bond donors (Lipinski definition) is 1. The van der Waals surface area contributed by atoms with Crippen molar-refractivity contribution in [3.8, 4) is 22.9 Å². The van der Waals surface area contributed by atoms with Crippen LogP contribution >= 0.6 is 0 Å². The molecule has 1 aliphatic rings. The molecule has 1 aliphatic carbocycles. The first-order valence-electron chi connectivity index (χ1n) is 11.3. The van der Waals surface area contributed by atoms with Crippen LogP contribution in [0.2, 0.25) is 0 Å². The summed E-state index contributed by atoms with van der Waals surface area (Å²) in [5.74, 6) is 1.01. The molecule has 5 nitrogen and oxygen atoms in total. The molecule has 0 unspecified atom stereocenters. The van der Waals surface area contributed by atoms with E-state index in [0.29, 0.717) is 18.2 Å². The van der Waals surface area contributed by atoms with E-state index in [-0.39, 0.29) is 11.8 Å².